The first kappa shape index (κ1) is 18.0. The predicted molar refractivity (Wildman–Crippen MR) is 95.8 cm³/mol. The lowest BCUT2D eigenvalue weighted by Gasteiger charge is -2.44. The van der Waals surface area contributed by atoms with E-state index in [2.05, 4.69) is 39.5 Å². The number of carbonyl (C=O) groups is 1. The van der Waals surface area contributed by atoms with Crippen LogP contribution in [0.2, 0.25) is 0 Å². The van der Waals surface area contributed by atoms with Gasteiger partial charge in [-0.15, -0.1) is 0 Å². The lowest BCUT2D eigenvalue weighted by atomic mass is 9.92. The molecule has 3 rings (SSSR count). The molecular weight excluding hydrogens is 425 g/mol. The van der Waals surface area contributed by atoms with E-state index in [-0.39, 0.29) is 18.4 Å². The average molecular weight is 449 g/mol. The molecule has 0 bridgehead atoms. The van der Waals surface area contributed by atoms with E-state index >= 15 is 0 Å². The predicted octanol–water partition coefficient (Wildman–Crippen LogP) is 1.38. The molecule has 0 aliphatic carbocycles. The molecule has 0 radical (unpaired) electrons. The summed E-state index contributed by atoms with van der Waals surface area (Å²) in [5.41, 5.74) is 7.66. The molecule has 2 unspecified atom stereocenters. The summed E-state index contributed by atoms with van der Waals surface area (Å²) in [6, 6.07) is -0.242. The van der Waals surface area contributed by atoms with Crippen molar-refractivity contribution in [3.05, 3.63) is 11.8 Å². The van der Waals surface area contributed by atoms with Crippen molar-refractivity contribution >= 4 is 28.9 Å². The van der Waals surface area contributed by atoms with Crippen molar-refractivity contribution < 1.29 is 9.53 Å². The second-order valence-electron chi connectivity index (χ2n) is 6.88. The quantitative estimate of drug-likeness (QED) is 0.193. The number of amides is 2. The van der Waals surface area contributed by atoms with Gasteiger partial charge in [0, 0.05) is 32.0 Å². The lowest BCUT2D eigenvalue weighted by molar-refractivity contribution is -0.0133. The van der Waals surface area contributed by atoms with Crippen molar-refractivity contribution in [2.45, 2.75) is 50.6 Å². The summed E-state index contributed by atoms with van der Waals surface area (Å²) in [6.45, 7) is 5.91. The Morgan fingerprint density at radius 2 is 2.21 bits per heavy atom. The van der Waals surface area contributed by atoms with E-state index in [1.54, 1.807) is 4.90 Å². The van der Waals surface area contributed by atoms with E-state index in [0.717, 1.165) is 31.6 Å². The van der Waals surface area contributed by atoms with Crippen LogP contribution < -0.4 is 11.2 Å². The maximum Gasteiger partial charge on any atom is 0.362 e. The van der Waals surface area contributed by atoms with Crippen LogP contribution >= 0.6 is 22.9 Å². The fraction of sp³-hybridized carbons (Fsp3) is 0.786. The Kier molecular flexibility index (Phi) is 5.12. The molecule has 10 heteroatoms. The molecule has 0 saturated carbocycles. The minimum absolute atomic E-state index is 0.00704. The van der Waals surface area contributed by atoms with Crippen LogP contribution in [0.3, 0.4) is 0 Å². The van der Waals surface area contributed by atoms with Gasteiger partial charge >= 0.3 is 6.03 Å². The number of rotatable bonds is 2. The third kappa shape index (κ3) is 3.05. The number of hydrogen-bond donors (Lipinski definition) is 3. The zero-order valence-corrected chi connectivity index (χ0v) is 16.1. The van der Waals surface area contributed by atoms with Crippen LogP contribution in [0.4, 0.5) is 4.79 Å². The first-order valence-electron chi connectivity index (χ1n) is 8.08. The number of carbonyl (C=O) groups excluding carboxylic acids is 1. The van der Waals surface area contributed by atoms with E-state index in [0.29, 0.717) is 6.54 Å². The van der Waals surface area contributed by atoms with Crippen LogP contribution in [0.25, 0.3) is 0 Å². The normalized spacial score (nSPS) is 30.3. The Labute approximate surface area is 155 Å². The SMILES string of the molecule is CC1(C)C2=CN(I)C(N(N)C3CCOCC3)NC2CN1C(=O)N=N. The number of nitrogens with two attached hydrogens (primary N) is 1. The fourth-order valence-corrected chi connectivity index (χ4v) is 4.46. The number of halogens is 1. The van der Waals surface area contributed by atoms with E-state index in [1.165, 1.54) is 0 Å². The molecule has 0 aromatic rings. The highest BCUT2D eigenvalue weighted by Gasteiger charge is 2.49. The smallest absolute Gasteiger partial charge is 0.362 e. The maximum atomic E-state index is 12.0. The number of nitrogens with one attached hydrogen (secondary N) is 2. The Bertz CT molecular complexity index is 549. The molecular formula is C14H24IN7O2. The van der Waals surface area contributed by atoms with Gasteiger partial charge in [-0.25, -0.2) is 9.80 Å². The maximum absolute atomic E-state index is 12.0. The van der Waals surface area contributed by atoms with E-state index < -0.39 is 11.6 Å². The minimum Gasteiger partial charge on any atom is -0.381 e. The zero-order chi connectivity index (χ0) is 17.5. The van der Waals surface area contributed by atoms with Gasteiger partial charge in [0.15, 0.2) is 6.29 Å². The van der Waals surface area contributed by atoms with Gasteiger partial charge < -0.3 is 9.64 Å². The molecule has 134 valence electrons. The molecule has 4 N–H and O–H groups in total. The van der Waals surface area contributed by atoms with Gasteiger partial charge in [0.25, 0.3) is 0 Å². The second-order valence-corrected chi connectivity index (χ2v) is 7.99. The first-order valence-corrected chi connectivity index (χ1v) is 9.05. The Morgan fingerprint density at radius 1 is 1.54 bits per heavy atom. The van der Waals surface area contributed by atoms with Crippen molar-refractivity contribution in [2.75, 3.05) is 19.8 Å². The highest BCUT2D eigenvalue weighted by molar-refractivity contribution is 14.1. The number of hydrogen-bond acceptors (Lipinski definition) is 7. The van der Waals surface area contributed by atoms with Crippen LogP contribution in [0, 0.1) is 5.53 Å². The van der Waals surface area contributed by atoms with Crippen LogP contribution in [0.5, 0.6) is 0 Å². The Hall–Kier alpha value is -0.820. The van der Waals surface area contributed by atoms with E-state index in [4.69, 9.17) is 16.1 Å². The van der Waals surface area contributed by atoms with Crippen molar-refractivity contribution in [1.82, 2.24) is 18.3 Å². The third-order valence-electron chi connectivity index (χ3n) is 5.19. The average Bonchev–Trinajstić information content (AvgIpc) is 2.84. The molecule has 3 heterocycles. The molecule has 24 heavy (non-hydrogen) atoms. The van der Waals surface area contributed by atoms with Gasteiger partial charge in [-0.05, 0) is 32.3 Å². The number of nitrogens with zero attached hydrogens (tertiary/aromatic N) is 4. The summed E-state index contributed by atoms with van der Waals surface area (Å²) in [7, 11) is 0. The largest absolute Gasteiger partial charge is 0.381 e. The summed E-state index contributed by atoms with van der Waals surface area (Å²) < 4.78 is 7.43. The number of urea groups is 1. The Morgan fingerprint density at radius 3 is 2.83 bits per heavy atom. The van der Waals surface area contributed by atoms with Crippen LogP contribution in [-0.2, 0) is 4.74 Å². The monoisotopic (exact) mass is 449 g/mol. The second kappa shape index (κ2) is 6.83. The van der Waals surface area contributed by atoms with Crippen LogP contribution in [-0.4, -0.2) is 62.7 Å². The van der Waals surface area contributed by atoms with Gasteiger partial charge in [0.2, 0.25) is 0 Å². The summed E-state index contributed by atoms with van der Waals surface area (Å²) in [4.78, 5) is 13.6. The molecule has 3 aliphatic heterocycles. The van der Waals surface area contributed by atoms with Gasteiger partial charge in [0.1, 0.15) is 0 Å². The van der Waals surface area contributed by atoms with Crippen LogP contribution in [0.1, 0.15) is 26.7 Å². The summed E-state index contributed by atoms with van der Waals surface area (Å²) in [5.74, 6) is 6.40. The van der Waals surface area contributed by atoms with Crippen molar-refractivity contribution in [3.63, 3.8) is 0 Å². The number of likely N-dealkylation sites (tertiary alicyclic amines) is 1. The molecule has 9 nitrogen and oxygen atoms in total. The minimum atomic E-state index is -0.511. The summed E-state index contributed by atoms with van der Waals surface area (Å²) in [6.07, 6.45) is 3.73. The molecule has 3 aliphatic rings. The van der Waals surface area contributed by atoms with Gasteiger partial charge in [-0.2, -0.15) is 5.53 Å². The first-order chi connectivity index (χ1) is 11.4. The zero-order valence-electron chi connectivity index (χ0n) is 13.9. The molecule has 0 spiro atoms. The highest BCUT2D eigenvalue weighted by atomic mass is 127. The van der Waals surface area contributed by atoms with Crippen LogP contribution in [0.15, 0.2) is 16.9 Å². The fourth-order valence-electron chi connectivity index (χ4n) is 3.71. The number of hydrazine groups is 1. The molecule has 2 atom stereocenters. The molecule has 2 saturated heterocycles. The molecule has 0 aromatic heterocycles. The van der Waals surface area contributed by atoms with E-state index in [1.807, 2.05) is 22.0 Å². The van der Waals surface area contributed by atoms with Crippen molar-refractivity contribution in [2.24, 2.45) is 11.0 Å². The summed E-state index contributed by atoms with van der Waals surface area (Å²) in [5, 5.41) is 8.48. The van der Waals surface area contributed by atoms with Gasteiger partial charge in [-0.1, -0.05) is 5.11 Å². The lowest BCUT2D eigenvalue weighted by Crippen LogP contribution is -2.64. The molecule has 2 fully saturated rings. The van der Waals surface area contributed by atoms with Crippen molar-refractivity contribution in [3.8, 4) is 0 Å². The van der Waals surface area contributed by atoms with Gasteiger partial charge in [-0.3, -0.25) is 14.3 Å². The Balaban J connectivity index is 1.79. The number of ether oxygens (including phenoxy) is 1. The van der Waals surface area contributed by atoms with Gasteiger partial charge in [0.05, 0.1) is 34.4 Å². The molecule has 2 amide bonds. The topological polar surface area (TPSA) is 110 Å². The van der Waals surface area contributed by atoms with E-state index in [9.17, 15) is 4.79 Å². The number of fused-ring (bicyclic) bond motifs is 1. The molecule has 0 aromatic carbocycles. The summed E-state index contributed by atoms with van der Waals surface area (Å²) >= 11 is 2.23. The van der Waals surface area contributed by atoms with Crippen molar-refractivity contribution in [1.29, 1.82) is 5.53 Å². The standard InChI is InChI=1S/C14H24IN7O2/c1-14(2)10-7-21(15)12(22(17)9-3-5-24-6-4-9)18-11(10)8-20(14)13(23)19-16/h7,9,11-12,16,18H,3-6,8,17H2,1-2H3. The third-order valence-corrected chi connectivity index (χ3v) is 6.00. The highest BCUT2D eigenvalue weighted by Crippen LogP contribution is 2.38.